The molecule has 18 heavy (non-hydrogen) atoms. The van der Waals surface area contributed by atoms with Crippen LogP contribution >= 0.6 is 0 Å². The third-order valence-corrected chi connectivity index (χ3v) is 4.20. The molecule has 0 aromatic heterocycles. The minimum atomic E-state index is 0.348. The van der Waals surface area contributed by atoms with E-state index < -0.39 is 0 Å². The minimum absolute atomic E-state index is 0.348. The zero-order valence-electron chi connectivity index (χ0n) is 11.7. The van der Waals surface area contributed by atoms with E-state index in [-0.39, 0.29) is 0 Å². The Labute approximate surface area is 110 Å². The average molecular weight is 254 g/mol. The number of amides is 1. The lowest BCUT2D eigenvalue weighted by Gasteiger charge is -2.34. The summed E-state index contributed by atoms with van der Waals surface area (Å²) in [6.07, 6.45) is 3.06. The van der Waals surface area contributed by atoms with E-state index >= 15 is 0 Å². The van der Waals surface area contributed by atoms with Crippen LogP contribution in [-0.4, -0.2) is 74.1 Å². The van der Waals surface area contributed by atoms with Gasteiger partial charge < -0.3 is 9.80 Å². The molecule has 2 heterocycles. The van der Waals surface area contributed by atoms with Crippen LogP contribution in [0.4, 0.5) is 0 Å². The Morgan fingerprint density at radius 3 is 2.50 bits per heavy atom. The summed E-state index contributed by atoms with van der Waals surface area (Å²) in [6, 6.07) is 0. The van der Waals surface area contributed by atoms with Gasteiger partial charge in [0.05, 0.1) is 0 Å². The van der Waals surface area contributed by atoms with Gasteiger partial charge in [-0.05, 0) is 39.4 Å². The normalized spacial score (nSPS) is 26.8. The number of carbonyl (C=O) groups is 1. The molecule has 1 unspecified atom stereocenters. The lowest BCUT2D eigenvalue weighted by Crippen LogP contribution is -2.52. The standard InChI is InChI=1S/C13H26N4O/c1-14-17-9-7-16(8-10-17)13(18)4-3-12-5-6-15(2)11-12/h12,14H,3-11H2,1-2H3. The van der Waals surface area contributed by atoms with E-state index in [4.69, 9.17) is 0 Å². The number of hydrogen-bond donors (Lipinski definition) is 1. The van der Waals surface area contributed by atoms with Crippen LogP contribution in [0.15, 0.2) is 0 Å². The molecular formula is C13H26N4O. The van der Waals surface area contributed by atoms with Crippen LogP contribution in [0.5, 0.6) is 0 Å². The van der Waals surface area contributed by atoms with Crippen molar-refractivity contribution in [2.45, 2.75) is 19.3 Å². The van der Waals surface area contributed by atoms with Crippen molar-refractivity contribution in [1.29, 1.82) is 0 Å². The average Bonchev–Trinajstić information content (AvgIpc) is 2.82. The summed E-state index contributed by atoms with van der Waals surface area (Å²) in [5.74, 6) is 1.08. The monoisotopic (exact) mass is 254 g/mol. The third-order valence-electron chi connectivity index (χ3n) is 4.20. The molecule has 1 atom stereocenters. The fraction of sp³-hybridized carbons (Fsp3) is 0.923. The van der Waals surface area contributed by atoms with Crippen molar-refractivity contribution >= 4 is 5.91 Å². The Morgan fingerprint density at radius 1 is 1.22 bits per heavy atom. The molecule has 0 aliphatic carbocycles. The maximum absolute atomic E-state index is 12.1. The summed E-state index contributed by atoms with van der Waals surface area (Å²) in [5.41, 5.74) is 3.13. The molecule has 1 amide bonds. The second-order valence-electron chi connectivity index (χ2n) is 5.55. The van der Waals surface area contributed by atoms with Gasteiger partial charge in [-0.1, -0.05) is 0 Å². The zero-order valence-corrected chi connectivity index (χ0v) is 11.7. The number of hydrazine groups is 1. The van der Waals surface area contributed by atoms with Crippen molar-refractivity contribution in [1.82, 2.24) is 20.2 Å². The SMILES string of the molecule is CNN1CCN(C(=O)CCC2CCN(C)C2)CC1. The largest absolute Gasteiger partial charge is 0.340 e. The van der Waals surface area contributed by atoms with Crippen molar-refractivity contribution in [2.24, 2.45) is 5.92 Å². The predicted octanol–water partition coefficient (Wildman–Crippen LogP) is -0.00310. The summed E-state index contributed by atoms with van der Waals surface area (Å²) in [6.45, 7) is 5.97. The Hall–Kier alpha value is -0.650. The van der Waals surface area contributed by atoms with E-state index in [1.807, 2.05) is 11.9 Å². The summed E-state index contributed by atoms with van der Waals surface area (Å²) in [7, 11) is 4.10. The number of rotatable bonds is 4. The van der Waals surface area contributed by atoms with Crippen molar-refractivity contribution in [3.05, 3.63) is 0 Å². The number of carbonyl (C=O) groups excluding carboxylic acids is 1. The van der Waals surface area contributed by atoms with Crippen LogP contribution < -0.4 is 5.43 Å². The molecule has 0 aromatic carbocycles. The highest BCUT2D eigenvalue weighted by atomic mass is 16.2. The van der Waals surface area contributed by atoms with Crippen LogP contribution in [0.3, 0.4) is 0 Å². The molecule has 104 valence electrons. The molecule has 2 saturated heterocycles. The molecule has 2 rings (SSSR count). The molecule has 0 radical (unpaired) electrons. The second-order valence-corrected chi connectivity index (χ2v) is 5.55. The summed E-state index contributed by atoms with van der Waals surface area (Å²) in [5, 5.41) is 2.16. The molecule has 5 nitrogen and oxygen atoms in total. The Kier molecular flexibility index (Phi) is 4.97. The van der Waals surface area contributed by atoms with Crippen LogP contribution in [0, 0.1) is 5.92 Å². The molecule has 0 aromatic rings. The third kappa shape index (κ3) is 3.67. The van der Waals surface area contributed by atoms with Gasteiger partial charge in [0.25, 0.3) is 0 Å². The first-order valence-electron chi connectivity index (χ1n) is 7.07. The topological polar surface area (TPSA) is 38.8 Å². The molecule has 5 heteroatoms. The van der Waals surface area contributed by atoms with Crippen molar-refractivity contribution in [2.75, 3.05) is 53.4 Å². The van der Waals surface area contributed by atoms with Gasteiger partial charge in [0.1, 0.15) is 0 Å². The van der Waals surface area contributed by atoms with Gasteiger partial charge in [-0.2, -0.15) is 0 Å². The van der Waals surface area contributed by atoms with E-state index in [0.29, 0.717) is 5.91 Å². The van der Waals surface area contributed by atoms with Crippen LogP contribution in [0.1, 0.15) is 19.3 Å². The first-order valence-corrected chi connectivity index (χ1v) is 7.07. The Balaban J connectivity index is 1.66. The minimum Gasteiger partial charge on any atom is -0.340 e. The van der Waals surface area contributed by atoms with Gasteiger partial charge in [0, 0.05) is 39.1 Å². The zero-order chi connectivity index (χ0) is 13.0. The highest BCUT2D eigenvalue weighted by Crippen LogP contribution is 2.20. The number of nitrogens with one attached hydrogen (secondary N) is 1. The highest BCUT2D eigenvalue weighted by molar-refractivity contribution is 5.76. The molecule has 0 bridgehead atoms. The molecule has 2 aliphatic rings. The van der Waals surface area contributed by atoms with Crippen LogP contribution in [-0.2, 0) is 4.79 Å². The van der Waals surface area contributed by atoms with E-state index in [0.717, 1.165) is 44.9 Å². The summed E-state index contributed by atoms with van der Waals surface area (Å²) < 4.78 is 0. The molecule has 2 fully saturated rings. The summed E-state index contributed by atoms with van der Waals surface area (Å²) in [4.78, 5) is 16.5. The second kappa shape index (κ2) is 6.50. The quantitative estimate of drug-likeness (QED) is 0.766. The van der Waals surface area contributed by atoms with Crippen LogP contribution in [0.25, 0.3) is 0 Å². The lowest BCUT2D eigenvalue weighted by atomic mass is 10.0. The van der Waals surface area contributed by atoms with Gasteiger partial charge in [0.15, 0.2) is 0 Å². The van der Waals surface area contributed by atoms with Crippen molar-refractivity contribution in [3.63, 3.8) is 0 Å². The molecule has 0 saturated carbocycles. The van der Waals surface area contributed by atoms with Crippen molar-refractivity contribution in [3.8, 4) is 0 Å². The van der Waals surface area contributed by atoms with E-state index in [1.54, 1.807) is 0 Å². The highest BCUT2D eigenvalue weighted by Gasteiger charge is 2.23. The lowest BCUT2D eigenvalue weighted by molar-refractivity contribution is -0.133. The van der Waals surface area contributed by atoms with Gasteiger partial charge in [-0.15, -0.1) is 0 Å². The van der Waals surface area contributed by atoms with E-state index in [2.05, 4.69) is 22.4 Å². The molecule has 0 spiro atoms. The smallest absolute Gasteiger partial charge is 0.222 e. The van der Waals surface area contributed by atoms with Crippen LogP contribution in [0.2, 0.25) is 0 Å². The molecule has 1 N–H and O–H groups in total. The number of nitrogens with zero attached hydrogens (tertiary/aromatic N) is 3. The van der Waals surface area contributed by atoms with E-state index in [1.165, 1.54) is 19.5 Å². The number of piperazine rings is 1. The maximum Gasteiger partial charge on any atom is 0.222 e. The van der Waals surface area contributed by atoms with Gasteiger partial charge in [-0.3, -0.25) is 10.2 Å². The van der Waals surface area contributed by atoms with Gasteiger partial charge in [-0.25, -0.2) is 5.01 Å². The number of likely N-dealkylation sites (tertiary alicyclic amines) is 1. The van der Waals surface area contributed by atoms with Gasteiger partial charge in [0.2, 0.25) is 5.91 Å². The summed E-state index contributed by atoms with van der Waals surface area (Å²) >= 11 is 0. The van der Waals surface area contributed by atoms with Gasteiger partial charge >= 0.3 is 0 Å². The Bertz CT molecular complexity index is 276. The fourth-order valence-corrected chi connectivity index (χ4v) is 2.93. The maximum atomic E-state index is 12.1. The first-order chi connectivity index (χ1) is 8.69. The first kappa shape index (κ1) is 13.8. The fourth-order valence-electron chi connectivity index (χ4n) is 2.93. The predicted molar refractivity (Wildman–Crippen MR) is 72.1 cm³/mol. The Morgan fingerprint density at radius 2 is 1.94 bits per heavy atom. The molecule has 2 aliphatic heterocycles. The molecular weight excluding hydrogens is 228 g/mol. The van der Waals surface area contributed by atoms with E-state index in [9.17, 15) is 4.79 Å². The number of hydrogen-bond acceptors (Lipinski definition) is 4. The van der Waals surface area contributed by atoms with Crippen molar-refractivity contribution < 1.29 is 4.79 Å².